The molecule has 2 heterocycles. The Morgan fingerprint density at radius 1 is 0.900 bits per heavy atom. The van der Waals surface area contributed by atoms with Crippen molar-refractivity contribution >= 4 is 12.1 Å². The van der Waals surface area contributed by atoms with Gasteiger partial charge in [-0.05, 0) is 19.3 Å². The van der Waals surface area contributed by atoms with Crippen LogP contribution in [0.1, 0.15) is 19.3 Å². The maximum atomic E-state index is 11.9. The summed E-state index contributed by atoms with van der Waals surface area (Å²) in [5, 5.41) is 2.80. The summed E-state index contributed by atoms with van der Waals surface area (Å²) in [5.41, 5.74) is 5.48. The Morgan fingerprint density at radius 2 is 1.55 bits per heavy atom. The van der Waals surface area contributed by atoms with Crippen molar-refractivity contribution in [3.05, 3.63) is 0 Å². The van der Waals surface area contributed by atoms with Gasteiger partial charge >= 0.3 is 12.1 Å². The van der Waals surface area contributed by atoms with Crippen molar-refractivity contribution < 1.29 is 9.59 Å². The first-order valence-electron chi connectivity index (χ1n) is 7.49. The van der Waals surface area contributed by atoms with E-state index in [4.69, 9.17) is 5.73 Å². The Labute approximate surface area is 120 Å². The monoisotopic (exact) mass is 283 g/mol. The fourth-order valence-electron chi connectivity index (χ4n) is 2.71. The highest BCUT2D eigenvalue weighted by molar-refractivity contribution is 5.76. The number of rotatable bonds is 8. The minimum absolute atomic E-state index is 0.0529. The number of amides is 4. The quantitative estimate of drug-likeness (QED) is 0.609. The molecule has 2 saturated heterocycles. The number of urea groups is 2. The van der Waals surface area contributed by atoms with E-state index in [0.29, 0.717) is 13.1 Å². The van der Waals surface area contributed by atoms with Gasteiger partial charge in [-0.2, -0.15) is 0 Å². The number of nitrogens with zero attached hydrogens (tertiary/aromatic N) is 3. The lowest BCUT2D eigenvalue weighted by Crippen LogP contribution is -2.35. The zero-order valence-electron chi connectivity index (χ0n) is 12.0. The van der Waals surface area contributed by atoms with Gasteiger partial charge < -0.3 is 25.8 Å². The SMILES string of the molecule is NCCN1CCN(CCCCCN2CCNC2=O)C1=O. The number of carbonyl (C=O) groups is 2. The molecule has 7 heteroatoms. The van der Waals surface area contributed by atoms with Gasteiger partial charge in [0.2, 0.25) is 0 Å². The van der Waals surface area contributed by atoms with Gasteiger partial charge in [0, 0.05) is 52.4 Å². The van der Waals surface area contributed by atoms with Crippen LogP contribution in [-0.4, -0.2) is 79.1 Å². The average molecular weight is 283 g/mol. The lowest BCUT2D eigenvalue weighted by Gasteiger charge is -2.18. The average Bonchev–Trinajstić information content (AvgIpc) is 2.99. The van der Waals surface area contributed by atoms with Crippen molar-refractivity contribution in [2.24, 2.45) is 5.73 Å². The topological polar surface area (TPSA) is 81.9 Å². The number of hydrogen-bond donors (Lipinski definition) is 2. The van der Waals surface area contributed by atoms with Gasteiger partial charge in [0.05, 0.1) is 0 Å². The summed E-state index contributed by atoms with van der Waals surface area (Å²) < 4.78 is 0. The van der Waals surface area contributed by atoms with E-state index in [-0.39, 0.29) is 12.1 Å². The van der Waals surface area contributed by atoms with Crippen LogP contribution >= 0.6 is 0 Å². The molecule has 2 rings (SSSR count). The molecule has 0 spiro atoms. The normalized spacial score (nSPS) is 19.1. The Kier molecular flexibility index (Phi) is 5.46. The lowest BCUT2D eigenvalue weighted by atomic mass is 10.2. The van der Waals surface area contributed by atoms with Crippen molar-refractivity contribution in [2.75, 3.05) is 52.4 Å². The second-order valence-electron chi connectivity index (χ2n) is 5.32. The molecule has 20 heavy (non-hydrogen) atoms. The van der Waals surface area contributed by atoms with Crippen LogP contribution in [0.3, 0.4) is 0 Å². The van der Waals surface area contributed by atoms with E-state index in [0.717, 1.165) is 58.5 Å². The molecule has 0 aromatic rings. The van der Waals surface area contributed by atoms with Crippen LogP contribution in [0.25, 0.3) is 0 Å². The molecule has 4 amide bonds. The molecular formula is C13H25N5O2. The van der Waals surface area contributed by atoms with E-state index in [1.807, 2.05) is 14.7 Å². The number of unbranched alkanes of at least 4 members (excludes halogenated alkanes) is 2. The molecule has 0 unspecified atom stereocenters. The van der Waals surface area contributed by atoms with Gasteiger partial charge in [0.1, 0.15) is 0 Å². The molecule has 0 aromatic carbocycles. The minimum Gasteiger partial charge on any atom is -0.336 e. The minimum atomic E-state index is 0.0529. The van der Waals surface area contributed by atoms with Crippen LogP contribution in [-0.2, 0) is 0 Å². The molecule has 0 aliphatic carbocycles. The Hall–Kier alpha value is -1.50. The van der Waals surface area contributed by atoms with E-state index >= 15 is 0 Å². The first kappa shape index (κ1) is 14.9. The van der Waals surface area contributed by atoms with E-state index < -0.39 is 0 Å². The van der Waals surface area contributed by atoms with Gasteiger partial charge in [-0.3, -0.25) is 0 Å². The van der Waals surface area contributed by atoms with Crippen molar-refractivity contribution in [2.45, 2.75) is 19.3 Å². The number of carbonyl (C=O) groups excluding carboxylic acids is 2. The lowest BCUT2D eigenvalue weighted by molar-refractivity contribution is 0.192. The van der Waals surface area contributed by atoms with Crippen LogP contribution in [0.2, 0.25) is 0 Å². The molecule has 2 aliphatic rings. The fraction of sp³-hybridized carbons (Fsp3) is 0.846. The van der Waals surface area contributed by atoms with Crippen LogP contribution in [0.5, 0.6) is 0 Å². The Bertz CT molecular complexity index is 350. The molecule has 0 aromatic heterocycles. The van der Waals surface area contributed by atoms with Crippen molar-refractivity contribution in [3.63, 3.8) is 0 Å². The van der Waals surface area contributed by atoms with Gasteiger partial charge in [0.25, 0.3) is 0 Å². The molecule has 2 aliphatic heterocycles. The summed E-state index contributed by atoms with van der Waals surface area (Å²) >= 11 is 0. The predicted octanol–water partition coefficient (Wildman–Crippen LogP) is -0.122. The zero-order chi connectivity index (χ0) is 14.4. The molecule has 0 bridgehead atoms. The highest BCUT2D eigenvalue weighted by atomic mass is 16.2. The van der Waals surface area contributed by atoms with Gasteiger partial charge in [-0.25, -0.2) is 9.59 Å². The summed E-state index contributed by atoms with van der Waals surface area (Å²) in [4.78, 5) is 28.8. The first-order valence-corrected chi connectivity index (χ1v) is 7.49. The smallest absolute Gasteiger partial charge is 0.320 e. The van der Waals surface area contributed by atoms with Gasteiger partial charge in [0.15, 0.2) is 0 Å². The number of nitrogens with one attached hydrogen (secondary N) is 1. The Balaban J connectivity index is 1.55. The molecular weight excluding hydrogens is 258 g/mol. The molecule has 3 N–H and O–H groups in total. The predicted molar refractivity (Wildman–Crippen MR) is 76.4 cm³/mol. The van der Waals surface area contributed by atoms with Crippen molar-refractivity contribution in [1.82, 2.24) is 20.0 Å². The summed E-state index contributed by atoms with van der Waals surface area (Å²) in [6.07, 6.45) is 3.05. The Morgan fingerprint density at radius 3 is 2.15 bits per heavy atom. The molecule has 114 valence electrons. The van der Waals surface area contributed by atoms with Crippen LogP contribution in [0, 0.1) is 0 Å². The third kappa shape index (κ3) is 3.75. The van der Waals surface area contributed by atoms with Crippen LogP contribution in [0.15, 0.2) is 0 Å². The third-order valence-corrected chi connectivity index (χ3v) is 3.88. The fourth-order valence-corrected chi connectivity index (χ4v) is 2.71. The highest BCUT2D eigenvalue weighted by Crippen LogP contribution is 2.10. The van der Waals surface area contributed by atoms with E-state index in [1.165, 1.54) is 0 Å². The maximum absolute atomic E-state index is 11.9. The third-order valence-electron chi connectivity index (χ3n) is 3.88. The second-order valence-corrected chi connectivity index (χ2v) is 5.32. The van der Waals surface area contributed by atoms with Gasteiger partial charge in [-0.15, -0.1) is 0 Å². The van der Waals surface area contributed by atoms with Crippen LogP contribution < -0.4 is 11.1 Å². The number of nitrogens with two attached hydrogens (primary N) is 1. The van der Waals surface area contributed by atoms with Crippen molar-refractivity contribution in [3.8, 4) is 0 Å². The molecule has 2 fully saturated rings. The summed E-state index contributed by atoms with van der Waals surface area (Å²) in [6.45, 7) is 6.00. The van der Waals surface area contributed by atoms with Crippen LogP contribution in [0.4, 0.5) is 9.59 Å². The second kappa shape index (κ2) is 7.33. The molecule has 7 nitrogen and oxygen atoms in total. The summed E-state index contributed by atoms with van der Waals surface area (Å²) in [6, 6.07) is 0.173. The van der Waals surface area contributed by atoms with Crippen molar-refractivity contribution in [1.29, 1.82) is 0 Å². The molecule has 0 radical (unpaired) electrons. The largest absolute Gasteiger partial charge is 0.336 e. The summed E-state index contributed by atoms with van der Waals surface area (Å²) in [7, 11) is 0. The summed E-state index contributed by atoms with van der Waals surface area (Å²) in [5.74, 6) is 0. The van der Waals surface area contributed by atoms with E-state index in [9.17, 15) is 9.59 Å². The number of hydrogen-bond acceptors (Lipinski definition) is 3. The first-order chi connectivity index (χ1) is 9.72. The van der Waals surface area contributed by atoms with E-state index in [1.54, 1.807) is 0 Å². The maximum Gasteiger partial charge on any atom is 0.320 e. The highest BCUT2D eigenvalue weighted by Gasteiger charge is 2.26. The van der Waals surface area contributed by atoms with Gasteiger partial charge in [-0.1, -0.05) is 0 Å². The van der Waals surface area contributed by atoms with E-state index in [2.05, 4.69) is 5.32 Å². The molecule has 0 saturated carbocycles. The zero-order valence-corrected chi connectivity index (χ0v) is 12.0. The standard InChI is InChI=1S/C13H25N5O2/c14-4-8-18-11-10-17(13(18)20)7-3-1-2-6-16-9-5-15-12(16)19/h1-11,14H2,(H,15,19). The molecule has 0 atom stereocenters.